The second-order valence-electron chi connectivity index (χ2n) is 6.82. The molecule has 0 fully saturated rings. The molecule has 1 N–H and O–H groups in total. The van der Waals surface area contributed by atoms with Crippen LogP contribution in [0.15, 0.2) is 84.8 Å². The molecule has 0 radical (unpaired) electrons. The maximum atomic E-state index is 4.84. The van der Waals surface area contributed by atoms with Gasteiger partial charge in [0.05, 0.1) is 16.7 Å². The zero-order chi connectivity index (χ0) is 19.6. The lowest BCUT2D eigenvalue weighted by molar-refractivity contribution is 0.875. The second-order valence-corrected chi connectivity index (χ2v) is 7.77. The van der Waals surface area contributed by atoms with Crippen molar-refractivity contribution in [2.45, 2.75) is 13.0 Å². The van der Waals surface area contributed by atoms with Crippen molar-refractivity contribution in [3.05, 3.63) is 90.3 Å². The molecule has 2 aromatic carbocycles. The van der Waals surface area contributed by atoms with Crippen LogP contribution in [0.5, 0.6) is 0 Å². The lowest BCUT2D eigenvalue weighted by Crippen LogP contribution is -2.09. The molecule has 0 aliphatic rings. The van der Waals surface area contributed by atoms with Crippen molar-refractivity contribution < 1.29 is 0 Å². The van der Waals surface area contributed by atoms with Gasteiger partial charge in [0.25, 0.3) is 0 Å². The van der Waals surface area contributed by atoms with Crippen LogP contribution in [0, 0.1) is 0 Å². The highest BCUT2D eigenvalue weighted by Gasteiger charge is 2.13. The highest BCUT2D eigenvalue weighted by Crippen LogP contribution is 2.29. The first-order valence-corrected chi connectivity index (χ1v) is 10.3. The van der Waals surface area contributed by atoms with E-state index in [-0.39, 0.29) is 6.04 Å². The number of aromatic nitrogens is 4. The number of hydrogen-bond acceptors (Lipinski definition) is 5. The molecule has 29 heavy (non-hydrogen) atoms. The predicted molar refractivity (Wildman–Crippen MR) is 118 cm³/mol. The molecule has 0 aliphatic carbocycles. The highest BCUT2D eigenvalue weighted by atomic mass is 32.1. The first kappa shape index (κ1) is 17.6. The molecule has 5 aromatic rings. The lowest BCUT2D eigenvalue weighted by Gasteiger charge is -2.17. The summed E-state index contributed by atoms with van der Waals surface area (Å²) >= 11 is 1.65. The molecule has 5 nitrogen and oxygen atoms in total. The van der Waals surface area contributed by atoms with Crippen molar-refractivity contribution >= 4 is 28.1 Å². The minimum atomic E-state index is 0.0985. The number of hydrogen-bond donors (Lipinski definition) is 1. The Morgan fingerprint density at radius 1 is 0.966 bits per heavy atom. The summed E-state index contributed by atoms with van der Waals surface area (Å²) in [7, 11) is 0. The van der Waals surface area contributed by atoms with Gasteiger partial charge >= 0.3 is 0 Å². The van der Waals surface area contributed by atoms with Crippen molar-refractivity contribution in [3.63, 3.8) is 0 Å². The maximum Gasteiger partial charge on any atom is 0.172 e. The number of anilines is 1. The van der Waals surface area contributed by atoms with Gasteiger partial charge in [0.2, 0.25) is 0 Å². The summed E-state index contributed by atoms with van der Waals surface area (Å²) in [6.45, 7) is 2.15. The van der Waals surface area contributed by atoms with E-state index in [2.05, 4.69) is 53.6 Å². The molecule has 3 heterocycles. The van der Waals surface area contributed by atoms with E-state index >= 15 is 0 Å². The van der Waals surface area contributed by atoms with E-state index < -0.39 is 0 Å². The van der Waals surface area contributed by atoms with Gasteiger partial charge in [-0.1, -0.05) is 30.3 Å². The summed E-state index contributed by atoms with van der Waals surface area (Å²) < 4.78 is 1.99. The summed E-state index contributed by atoms with van der Waals surface area (Å²) in [6, 6.07) is 20.8. The Bertz CT molecular complexity index is 1230. The second kappa shape index (κ2) is 7.48. The van der Waals surface area contributed by atoms with Crippen LogP contribution < -0.4 is 5.32 Å². The van der Waals surface area contributed by atoms with Gasteiger partial charge in [-0.25, -0.2) is 15.0 Å². The molecular weight excluding hydrogens is 378 g/mol. The number of thiophene rings is 1. The number of imidazole rings is 1. The number of para-hydroxylation sites is 1. The topological polar surface area (TPSA) is 55.6 Å². The molecule has 3 aromatic heterocycles. The molecule has 0 amide bonds. The average Bonchev–Trinajstić information content (AvgIpc) is 3.48. The normalized spacial score (nSPS) is 12.2. The van der Waals surface area contributed by atoms with Crippen molar-refractivity contribution in [3.8, 4) is 16.4 Å². The van der Waals surface area contributed by atoms with Gasteiger partial charge < -0.3 is 9.88 Å². The average molecular weight is 398 g/mol. The lowest BCUT2D eigenvalue weighted by atomic mass is 10.1. The van der Waals surface area contributed by atoms with Gasteiger partial charge in [-0.15, -0.1) is 11.3 Å². The van der Waals surface area contributed by atoms with Crippen LogP contribution in [0.1, 0.15) is 18.5 Å². The molecule has 6 heteroatoms. The molecule has 0 spiro atoms. The van der Waals surface area contributed by atoms with E-state index in [1.807, 2.05) is 40.4 Å². The summed E-state index contributed by atoms with van der Waals surface area (Å²) in [5.74, 6) is 1.61. The Balaban J connectivity index is 1.47. The molecule has 0 saturated heterocycles. The Morgan fingerprint density at radius 2 is 1.83 bits per heavy atom. The van der Waals surface area contributed by atoms with Crippen molar-refractivity contribution in [1.82, 2.24) is 19.5 Å². The number of rotatable bonds is 5. The van der Waals surface area contributed by atoms with Crippen LogP contribution in [0.4, 0.5) is 5.82 Å². The van der Waals surface area contributed by atoms with Gasteiger partial charge in [0, 0.05) is 29.5 Å². The smallest absolute Gasteiger partial charge is 0.172 e. The summed E-state index contributed by atoms with van der Waals surface area (Å²) in [5, 5.41) is 6.66. The fourth-order valence-electron chi connectivity index (χ4n) is 3.34. The number of benzene rings is 2. The van der Waals surface area contributed by atoms with Crippen molar-refractivity contribution in [2.24, 2.45) is 0 Å². The van der Waals surface area contributed by atoms with Gasteiger partial charge in [-0.05, 0) is 48.2 Å². The van der Waals surface area contributed by atoms with Crippen LogP contribution in [0.2, 0.25) is 0 Å². The quantitative estimate of drug-likeness (QED) is 0.412. The maximum absolute atomic E-state index is 4.84. The fraction of sp³-hybridized carbons (Fsp3) is 0.0870. The van der Waals surface area contributed by atoms with E-state index in [0.29, 0.717) is 0 Å². The summed E-state index contributed by atoms with van der Waals surface area (Å²) in [4.78, 5) is 14.8. The molecule has 0 unspecified atom stereocenters. The molecule has 0 aliphatic heterocycles. The monoisotopic (exact) mass is 397 g/mol. The minimum absolute atomic E-state index is 0.0985. The van der Waals surface area contributed by atoms with Gasteiger partial charge in [-0.2, -0.15) is 0 Å². The number of fused-ring (bicyclic) bond motifs is 1. The van der Waals surface area contributed by atoms with Crippen LogP contribution in [-0.4, -0.2) is 19.5 Å². The standard InChI is InChI=1S/C23H19N5S/c1-16(17-8-10-18(11-9-17)28-13-12-24-15-28)25-22-19-5-2-3-6-20(19)26-23(27-22)21-7-4-14-29-21/h2-16H,1H3,(H,25,26,27)/t16-/m1/s1. The number of nitrogens with zero attached hydrogens (tertiary/aromatic N) is 4. The Morgan fingerprint density at radius 3 is 2.59 bits per heavy atom. The molecular formula is C23H19N5S. The highest BCUT2D eigenvalue weighted by molar-refractivity contribution is 7.13. The number of nitrogens with one attached hydrogen (secondary N) is 1. The van der Waals surface area contributed by atoms with E-state index in [1.54, 1.807) is 23.9 Å². The predicted octanol–water partition coefficient (Wildman–Crippen LogP) is 5.72. The van der Waals surface area contributed by atoms with E-state index in [1.165, 1.54) is 5.56 Å². The van der Waals surface area contributed by atoms with Crippen molar-refractivity contribution in [1.29, 1.82) is 0 Å². The largest absolute Gasteiger partial charge is 0.363 e. The first-order valence-electron chi connectivity index (χ1n) is 9.43. The van der Waals surface area contributed by atoms with Crippen LogP contribution >= 0.6 is 11.3 Å². The van der Waals surface area contributed by atoms with Crippen LogP contribution in [-0.2, 0) is 0 Å². The molecule has 142 valence electrons. The summed E-state index contributed by atoms with van der Waals surface area (Å²) in [6.07, 6.45) is 5.52. The zero-order valence-electron chi connectivity index (χ0n) is 15.9. The van der Waals surface area contributed by atoms with Gasteiger partial charge in [-0.3, -0.25) is 0 Å². The van der Waals surface area contributed by atoms with Crippen molar-refractivity contribution in [2.75, 3.05) is 5.32 Å². The zero-order valence-corrected chi connectivity index (χ0v) is 16.7. The van der Waals surface area contributed by atoms with E-state index in [9.17, 15) is 0 Å². The first-order chi connectivity index (χ1) is 14.3. The third kappa shape index (κ3) is 3.50. The molecule has 0 saturated carbocycles. The van der Waals surface area contributed by atoms with Gasteiger partial charge in [0.15, 0.2) is 5.82 Å². The third-order valence-electron chi connectivity index (χ3n) is 4.89. The minimum Gasteiger partial charge on any atom is -0.363 e. The SMILES string of the molecule is C[C@@H](Nc1nc(-c2cccs2)nc2ccccc12)c1ccc(-n2ccnc2)cc1. The van der Waals surface area contributed by atoms with Gasteiger partial charge in [0.1, 0.15) is 5.82 Å². The van der Waals surface area contributed by atoms with Crippen LogP contribution in [0.3, 0.4) is 0 Å². The van der Waals surface area contributed by atoms with E-state index in [0.717, 1.165) is 33.1 Å². The third-order valence-corrected chi connectivity index (χ3v) is 5.76. The Kier molecular flexibility index (Phi) is 4.54. The summed E-state index contributed by atoms with van der Waals surface area (Å²) in [5.41, 5.74) is 3.22. The Hall–Kier alpha value is -3.51. The molecule has 5 rings (SSSR count). The molecule has 1 atom stereocenters. The van der Waals surface area contributed by atoms with Crippen LogP contribution in [0.25, 0.3) is 27.3 Å². The fourth-order valence-corrected chi connectivity index (χ4v) is 4.00. The molecule has 0 bridgehead atoms. The van der Waals surface area contributed by atoms with E-state index in [4.69, 9.17) is 9.97 Å². The Labute approximate surface area is 172 Å².